The molecule has 1 heterocycles. The lowest BCUT2D eigenvalue weighted by molar-refractivity contribution is 0.0916. The summed E-state index contributed by atoms with van der Waals surface area (Å²) in [6.45, 7) is 5.30. The highest BCUT2D eigenvalue weighted by Gasteiger charge is 2.24. The smallest absolute Gasteiger partial charge is 0.188 e. The Bertz CT molecular complexity index is 393. The number of carbonyl (C=O) groups is 2. The molecule has 0 aliphatic rings. The van der Waals surface area contributed by atoms with Gasteiger partial charge in [0.15, 0.2) is 17.3 Å². The van der Waals surface area contributed by atoms with E-state index in [1.54, 1.807) is 27.8 Å². The summed E-state index contributed by atoms with van der Waals surface area (Å²) in [6, 6.07) is 0. The molecule has 0 amide bonds. The van der Waals surface area contributed by atoms with Crippen molar-refractivity contribution < 1.29 is 9.59 Å². The Hall–Kier alpha value is -1.52. The molecular weight excluding hydrogens is 194 g/mol. The average molecular weight is 209 g/mol. The Morgan fingerprint density at radius 3 is 2.47 bits per heavy atom. The molecule has 0 fully saturated rings. The predicted octanol–water partition coefficient (Wildman–Crippen LogP) is 1.25. The summed E-state index contributed by atoms with van der Waals surface area (Å²) in [5, 5.41) is 7.46. The second-order valence-electron chi connectivity index (χ2n) is 3.71. The molecule has 1 aromatic heterocycles. The van der Waals surface area contributed by atoms with Gasteiger partial charge in [0.05, 0.1) is 0 Å². The van der Waals surface area contributed by atoms with Crippen LogP contribution in [0.25, 0.3) is 0 Å². The second-order valence-corrected chi connectivity index (χ2v) is 3.71. The molecule has 0 aromatic carbocycles. The van der Waals surface area contributed by atoms with Crippen LogP contribution in [0.4, 0.5) is 0 Å². The molecule has 1 rings (SSSR count). The molecule has 0 saturated carbocycles. The third-order valence-electron chi connectivity index (χ3n) is 2.17. The standard InChI is InChI=1S/C10H15N3O2/c1-5-7(14)9-8(10(15)6(2)3)11-12-13(9)4/h6H,5H2,1-4H3. The summed E-state index contributed by atoms with van der Waals surface area (Å²) in [5.41, 5.74) is 0.510. The van der Waals surface area contributed by atoms with Gasteiger partial charge >= 0.3 is 0 Å². The van der Waals surface area contributed by atoms with Crippen LogP contribution in [-0.2, 0) is 7.05 Å². The minimum Gasteiger partial charge on any atom is -0.292 e. The van der Waals surface area contributed by atoms with Gasteiger partial charge in [-0.1, -0.05) is 26.0 Å². The first-order valence-electron chi connectivity index (χ1n) is 4.96. The number of nitrogens with zero attached hydrogens (tertiary/aromatic N) is 3. The fourth-order valence-electron chi connectivity index (χ4n) is 1.28. The van der Waals surface area contributed by atoms with E-state index in [-0.39, 0.29) is 23.2 Å². The Labute approximate surface area is 88.5 Å². The van der Waals surface area contributed by atoms with E-state index < -0.39 is 0 Å². The van der Waals surface area contributed by atoms with E-state index in [2.05, 4.69) is 10.3 Å². The first-order valence-corrected chi connectivity index (χ1v) is 4.96. The van der Waals surface area contributed by atoms with Crippen LogP contribution in [0.5, 0.6) is 0 Å². The predicted molar refractivity (Wildman–Crippen MR) is 54.8 cm³/mol. The molecule has 0 unspecified atom stereocenters. The van der Waals surface area contributed by atoms with Crippen molar-refractivity contribution in [2.24, 2.45) is 13.0 Å². The Kier molecular flexibility index (Phi) is 3.34. The van der Waals surface area contributed by atoms with Crippen molar-refractivity contribution in [3.63, 3.8) is 0 Å². The number of rotatable bonds is 4. The van der Waals surface area contributed by atoms with Crippen molar-refractivity contribution in [3.8, 4) is 0 Å². The SMILES string of the molecule is CCC(=O)c1c(C(=O)C(C)C)nnn1C. The van der Waals surface area contributed by atoms with Crippen molar-refractivity contribution >= 4 is 11.6 Å². The van der Waals surface area contributed by atoms with Crippen LogP contribution in [0.3, 0.4) is 0 Å². The van der Waals surface area contributed by atoms with Gasteiger partial charge in [0.1, 0.15) is 5.69 Å². The zero-order chi connectivity index (χ0) is 11.6. The van der Waals surface area contributed by atoms with E-state index in [4.69, 9.17) is 0 Å². The molecule has 0 bridgehead atoms. The van der Waals surface area contributed by atoms with E-state index in [0.717, 1.165) is 0 Å². The molecule has 5 heteroatoms. The lowest BCUT2D eigenvalue weighted by Crippen LogP contribution is -2.15. The highest BCUT2D eigenvalue weighted by Crippen LogP contribution is 2.12. The largest absolute Gasteiger partial charge is 0.292 e. The monoisotopic (exact) mass is 209 g/mol. The maximum absolute atomic E-state index is 11.7. The topological polar surface area (TPSA) is 64.8 Å². The Morgan fingerprint density at radius 1 is 1.40 bits per heavy atom. The lowest BCUT2D eigenvalue weighted by Gasteiger charge is -2.03. The van der Waals surface area contributed by atoms with Gasteiger partial charge in [0.25, 0.3) is 0 Å². The fourth-order valence-corrected chi connectivity index (χ4v) is 1.28. The maximum atomic E-state index is 11.7. The van der Waals surface area contributed by atoms with Gasteiger partial charge in [-0.2, -0.15) is 0 Å². The molecule has 5 nitrogen and oxygen atoms in total. The lowest BCUT2D eigenvalue weighted by atomic mass is 10.0. The van der Waals surface area contributed by atoms with Crippen LogP contribution < -0.4 is 0 Å². The Morgan fingerprint density at radius 2 is 2.00 bits per heavy atom. The van der Waals surface area contributed by atoms with Crippen LogP contribution in [0.2, 0.25) is 0 Å². The van der Waals surface area contributed by atoms with Gasteiger partial charge in [-0.3, -0.25) is 9.59 Å². The molecule has 1 aromatic rings. The number of aromatic nitrogens is 3. The molecule has 0 saturated heterocycles. The number of aryl methyl sites for hydroxylation is 1. The molecule has 82 valence electrons. The fraction of sp³-hybridized carbons (Fsp3) is 0.600. The molecular formula is C10H15N3O2. The number of hydrogen-bond donors (Lipinski definition) is 0. The third-order valence-corrected chi connectivity index (χ3v) is 2.17. The van der Waals surface area contributed by atoms with Crippen molar-refractivity contribution in [2.75, 3.05) is 0 Å². The van der Waals surface area contributed by atoms with Crippen LogP contribution in [0.15, 0.2) is 0 Å². The van der Waals surface area contributed by atoms with Crippen LogP contribution >= 0.6 is 0 Å². The summed E-state index contributed by atoms with van der Waals surface area (Å²) in [7, 11) is 1.62. The van der Waals surface area contributed by atoms with Crippen LogP contribution in [0, 0.1) is 5.92 Å². The quantitative estimate of drug-likeness (QED) is 0.700. The highest BCUT2D eigenvalue weighted by atomic mass is 16.1. The normalized spacial score (nSPS) is 10.7. The van der Waals surface area contributed by atoms with Crippen molar-refractivity contribution in [1.82, 2.24) is 15.0 Å². The summed E-state index contributed by atoms with van der Waals surface area (Å²) in [5.74, 6) is -0.420. The van der Waals surface area contributed by atoms with Crippen LogP contribution in [-0.4, -0.2) is 26.6 Å². The molecule has 15 heavy (non-hydrogen) atoms. The van der Waals surface area contributed by atoms with Crippen molar-refractivity contribution in [2.45, 2.75) is 27.2 Å². The van der Waals surface area contributed by atoms with E-state index in [9.17, 15) is 9.59 Å². The molecule has 0 N–H and O–H groups in total. The van der Waals surface area contributed by atoms with Gasteiger partial charge in [-0.15, -0.1) is 5.10 Å². The van der Waals surface area contributed by atoms with Gasteiger partial charge in [-0.25, -0.2) is 4.68 Å². The Balaban J connectivity index is 3.20. The summed E-state index contributed by atoms with van der Waals surface area (Å²) in [6.07, 6.45) is 0.347. The number of Topliss-reactive ketones (excluding diaryl/α,β-unsaturated/α-hetero) is 2. The minimum atomic E-state index is -0.176. The maximum Gasteiger partial charge on any atom is 0.188 e. The number of carbonyl (C=O) groups excluding carboxylic acids is 2. The van der Waals surface area contributed by atoms with Gasteiger partial charge in [-0.05, 0) is 0 Å². The molecule has 0 radical (unpaired) electrons. The molecule has 0 spiro atoms. The van der Waals surface area contributed by atoms with Gasteiger partial charge in [0, 0.05) is 19.4 Å². The third kappa shape index (κ3) is 2.11. The molecule has 0 atom stereocenters. The number of hydrogen-bond acceptors (Lipinski definition) is 4. The zero-order valence-electron chi connectivity index (χ0n) is 9.44. The average Bonchev–Trinajstić information content (AvgIpc) is 2.57. The number of ketones is 2. The van der Waals surface area contributed by atoms with Crippen LogP contribution in [0.1, 0.15) is 48.2 Å². The van der Waals surface area contributed by atoms with Gasteiger partial charge in [0.2, 0.25) is 0 Å². The van der Waals surface area contributed by atoms with E-state index in [1.165, 1.54) is 4.68 Å². The van der Waals surface area contributed by atoms with Crippen molar-refractivity contribution in [3.05, 3.63) is 11.4 Å². The van der Waals surface area contributed by atoms with E-state index in [0.29, 0.717) is 12.1 Å². The first-order chi connectivity index (χ1) is 6.99. The highest BCUT2D eigenvalue weighted by molar-refractivity contribution is 6.06. The molecule has 0 aliphatic heterocycles. The summed E-state index contributed by atoms with van der Waals surface area (Å²) >= 11 is 0. The minimum absolute atomic E-state index is 0.105. The van der Waals surface area contributed by atoms with Crippen molar-refractivity contribution in [1.29, 1.82) is 0 Å². The van der Waals surface area contributed by atoms with Gasteiger partial charge < -0.3 is 0 Å². The summed E-state index contributed by atoms with van der Waals surface area (Å²) in [4.78, 5) is 23.3. The summed E-state index contributed by atoms with van der Waals surface area (Å²) < 4.78 is 1.36. The van der Waals surface area contributed by atoms with E-state index >= 15 is 0 Å². The van der Waals surface area contributed by atoms with E-state index in [1.807, 2.05) is 0 Å². The zero-order valence-corrected chi connectivity index (χ0v) is 9.44. The second kappa shape index (κ2) is 4.33. The molecule has 0 aliphatic carbocycles. The first kappa shape index (κ1) is 11.6.